The Hall–Kier alpha value is -1.64. The van der Waals surface area contributed by atoms with Gasteiger partial charge in [0.2, 0.25) is 15.9 Å². The second kappa shape index (κ2) is 6.42. The number of carbonyl (C=O) groups is 2. The van der Waals surface area contributed by atoms with Crippen molar-refractivity contribution in [1.82, 2.24) is 14.9 Å². The maximum absolute atomic E-state index is 11.9. The number of rotatable bonds is 6. The zero-order valence-corrected chi connectivity index (χ0v) is 12.6. The van der Waals surface area contributed by atoms with E-state index in [-0.39, 0.29) is 31.3 Å². The van der Waals surface area contributed by atoms with Crippen LogP contribution in [0.15, 0.2) is 24.3 Å². The van der Waals surface area contributed by atoms with Crippen molar-refractivity contribution >= 4 is 33.6 Å². The first-order valence-corrected chi connectivity index (χ1v) is 8.21. The average molecular weight is 332 g/mol. The summed E-state index contributed by atoms with van der Waals surface area (Å²) in [5, 5.41) is 2.73. The number of hydrogen-bond donors (Lipinski definition) is 2. The molecule has 1 aromatic rings. The quantitative estimate of drug-likeness (QED) is 0.733. The van der Waals surface area contributed by atoms with Crippen LogP contribution in [0.1, 0.15) is 5.56 Å². The highest BCUT2D eigenvalue weighted by atomic mass is 35.5. The lowest BCUT2D eigenvalue weighted by Crippen LogP contribution is -2.39. The zero-order chi connectivity index (χ0) is 15.5. The molecule has 0 aromatic heterocycles. The lowest BCUT2D eigenvalue weighted by Gasteiger charge is -2.13. The van der Waals surface area contributed by atoms with Gasteiger partial charge in [0.25, 0.3) is 0 Å². The Morgan fingerprint density at radius 2 is 2.00 bits per heavy atom. The lowest BCUT2D eigenvalue weighted by molar-refractivity contribution is -0.124. The average Bonchev–Trinajstić information content (AvgIpc) is 2.73. The molecule has 0 saturated carbocycles. The van der Waals surface area contributed by atoms with E-state index in [1.807, 2.05) is 0 Å². The number of nitrogens with one attached hydrogen (secondary N) is 2. The van der Waals surface area contributed by atoms with E-state index in [2.05, 4.69) is 10.0 Å². The second-order valence-corrected chi connectivity index (χ2v) is 6.66. The summed E-state index contributed by atoms with van der Waals surface area (Å²) < 4.78 is 26.2. The number of halogens is 1. The van der Waals surface area contributed by atoms with Gasteiger partial charge in [-0.1, -0.05) is 29.8 Å². The molecule has 1 aliphatic rings. The van der Waals surface area contributed by atoms with E-state index in [0.717, 1.165) is 4.90 Å². The largest absolute Gasteiger partial charge is 0.329 e. The van der Waals surface area contributed by atoms with Crippen LogP contribution in [-0.2, 0) is 20.6 Å². The van der Waals surface area contributed by atoms with Gasteiger partial charge in [0.15, 0.2) is 0 Å². The number of urea groups is 1. The van der Waals surface area contributed by atoms with E-state index in [4.69, 9.17) is 11.6 Å². The number of carbonyl (C=O) groups excluding carboxylic acids is 2. The summed E-state index contributed by atoms with van der Waals surface area (Å²) in [5.74, 6) is -0.627. The Kier molecular flexibility index (Phi) is 4.81. The molecule has 9 heteroatoms. The van der Waals surface area contributed by atoms with E-state index in [1.54, 1.807) is 24.3 Å². The summed E-state index contributed by atoms with van der Waals surface area (Å²) in [6.45, 7) is -0.0937. The molecule has 0 spiro atoms. The first-order chi connectivity index (χ1) is 9.89. The van der Waals surface area contributed by atoms with Crippen LogP contribution in [0.25, 0.3) is 0 Å². The van der Waals surface area contributed by atoms with E-state index in [1.165, 1.54) is 0 Å². The molecule has 0 radical (unpaired) electrons. The van der Waals surface area contributed by atoms with Crippen molar-refractivity contribution < 1.29 is 18.0 Å². The molecule has 114 valence electrons. The van der Waals surface area contributed by atoms with Crippen LogP contribution in [0.2, 0.25) is 5.02 Å². The molecule has 1 aliphatic heterocycles. The topological polar surface area (TPSA) is 95.6 Å². The van der Waals surface area contributed by atoms with Gasteiger partial charge < -0.3 is 5.32 Å². The van der Waals surface area contributed by atoms with Gasteiger partial charge in [-0.2, -0.15) is 0 Å². The van der Waals surface area contributed by atoms with Gasteiger partial charge in [0, 0.05) is 18.1 Å². The van der Waals surface area contributed by atoms with Crippen LogP contribution < -0.4 is 10.0 Å². The fourth-order valence-corrected chi connectivity index (χ4v) is 3.31. The van der Waals surface area contributed by atoms with Gasteiger partial charge in [0.05, 0.1) is 12.3 Å². The minimum atomic E-state index is -3.59. The molecule has 1 fully saturated rings. The first kappa shape index (κ1) is 15.7. The number of nitrogens with zero attached hydrogens (tertiary/aromatic N) is 1. The van der Waals surface area contributed by atoms with Crippen LogP contribution in [0, 0.1) is 0 Å². The molecule has 0 unspecified atom stereocenters. The molecule has 7 nitrogen and oxygen atoms in total. The number of benzene rings is 1. The van der Waals surface area contributed by atoms with Crippen molar-refractivity contribution in [2.45, 2.75) is 5.75 Å². The van der Waals surface area contributed by atoms with Crippen molar-refractivity contribution in [3.63, 3.8) is 0 Å². The van der Waals surface area contributed by atoms with Crippen molar-refractivity contribution in [2.75, 3.05) is 19.6 Å². The normalized spacial score (nSPS) is 15.4. The lowest BCUT2D eigenvalue weighted by atomic mass is 10.2. The van der Waals surface area contributed by atoms with E-state index < -0.39 is 16.1 Å². The standard InChI is InChI=1S/C12H14ClN3O4S/c13-10-4-2-1-3-9(10)8-21(19,20)15-5-6-16-11(17)7-14-12(16)18/h1-4,15H,5-8H2,(H,14,18). The summed E-state index contributed by atoms with van der Waals surface area (Å²) in [5.41, 5.74) is 0.488. The van der Waals surface area contributed by atoms with Crippen LogP contribution in [-0.4, -0.2) is 44.9 Å². The van der Waals surface area contributed by atoms with Crippen molar-refractivity contribution in [1.29, 1.82) is 0 Å². The predicted molar refractivity (Wildman–Crippen MR) is 77.2 cm³/mol. The van der Waals surface area contributed by atoms with Crippen molar-refractivity contribution in [2.24, 2.45) is 0 Å². The molecular formula is C12H14ClN3O4S. The third kappa shape index (κ3) is 4.16. The summed E-state index contributed by atoms with van der Waals surface area (Å²) in [6, 6.07) is 6.14. The Morgan fingerprint density at radius 1 is 1.29 bits per heavy atom. The number of amides is 3. The monoisotopic (exact) mass is 331 g/mol. The smallest absolute Gasteiger partial charge is 0.324 e. The number of sulfonamides is 1. The van der Waals surface area contributed by atoms with Crippen molar-refractivity contribution in [3.05, 3.63) is 34.9 Å². The highest BCUT2D eigenvalue weighted by Crippen LogP contribution is 2.17. The molecular weight excluding hydrogens is 318 g/mol. The first-order valence-electron chi connectivity index (χ1n) is 6.18. The van der Waals surface area contributed by atoms with Crippen LogP contribution in [0.4, 0.5) is 4.79 Å². The third-order valence-electron chi connectivity index (χ3n) is 2.90. The summed E-state index contributed by atoms with van der Waals surface area (Å²) in [6.07, 6.45) is 0. The molecule has 0 bridgehead atoms. The van der Waals surface area contributed by atoms with Crippen LogP contribution in [0.3, 0.4) is 0 Å². The van der Waals surface area contributed by atoms with Crippen LogP contribution >= 0.6 is 11.6 Å². The summed E-state index contributed by atoms with van der Waals surface area (Å²) in [4.78, 5) is 23.6. The molecule has 1 aromatic carbocycles. The highest BCUT2D eigenvalue weighted by Gasteiger charge is 2.28. The Labute approximate surface area is 127 Å². The van der Waals surface area contributed by atoms with Gasteiger partial charge in [-0.3, -0.25) is 9.69 Å². The fourth-order valence-electron chi connectivity index (χ4n) is 1.87. The second-order valence-electron chi connectivity index (χ2n) is 4.45. The van der Waals surface area contributed by atoms with Gasteiger partial charge in [-0.25, -0.2) is 17.9 Å². The summed E-state index contributed by atoms with van der Waals surface area (Å²) >= 11 is 5.91. The fraction of sp³-hybridized carbons (Fsp3) is 0.333. The minimum absolute atomic E-state index is 0.00752. The van der Waals surface area contributed by atoms with Crippen LogP contribution in [0.5, 0.6) is 0 Å². The van der Waals surface area contributed by atoms with E-state index in [0.29, 0.717) is 10.6 Å². The SMILES string of the molecule is O=C1CNC(=O)N1CCNS(=O)(=O)Cc1ccccc1Cl. The molecule has 2 rings (SSSR count). The molecule has 1 heterocycles. The Morgan fingerprint density at radius 3 is 2.62 bits per heavy atom. The molecule has 3 amide bonds. The Bertz CT molecular complexity index is 646. The molecule has 2 N–H and O–H groups in total. The van der Waals surface area contributed by atoms with Gasteiger partial charge in [0.1, 0.15) is 0 Å². The maximum atomic E-state index is 11.9. The maximum Gasteiger partial charge on any atom is 0.324 e. The van der Waals surface area contributed by atoms with Gasteiger partial charge in [-0.15, -0.1) is 0 Å². The number of imide groups is 1. The van der Waals surface area contributed by atoms with Crippen molar-refractivity contribution in [3.8, 4) is 0 Å². The zero-order valence-electron chi connectivity index (χ0n) is 11.0. The molecule has 1 saturated heterocycles. The van der Waals surface area contributed by atoms with Gasteiger partial charge in [-0.05, 0) is 11.6 Å². The van der Waals surface area contributed by atoms with E-state index in [9.17, 15) is 18.0 Å². The molecule has 21 heavy (non-hydrogen) atoms. The van der Waals surface area contributed by atoms with E-state index >= 15 is 0 Å². The highest BCUT2D eigenvalue weighted by molar-refractivity contribution is 7.88. The third-order valence-corrected chi connectivity index (χ3v) is 4.60. The molecule has 0 aliphatic carbocycles. The Balaban J connectivity index is 1.89. The molecule has 0 atom stereocenters. The summed E-state index contributed by atoms with van der Waals surface area (Å²) in [7, 11) is -3.59. The van der Waals surface area contributed by atoms with Gasteiger partial charge >= 0.3 is 6.03 Å². The number of hydrogen-bond acceptors (Lipinski definition) is 4. The minimum Gasteiger partial charge on any atom is -0.329 e. The predicted octanol–water partition coefficient (Wildman–Crippen LogP) is 0.311.